The molecule has 118 valence electrons. The smallest absolute Gasteiger partial charge is 0.258 e. The lowest BCUT2D eigenvalue weighted by Gasteiger charge is -2.16. The van der Waals surface area contributed by atoms with E-state index in [-0.39, 0.29) is 0 Å². The number of benzene rings is 1. The second kappa shape index (κ2) is 5.27. The molecule has 0 spiro atoms. The predicted molar refractivity (Wildman–Crippen MR) is 82.4 cm³/mol. The van der Waals surface area contributed by atoms with Crippen LogP contribution in [0.3, 0.4) is 0 Å². The highest BCUT2D eigenvalue weighted by molar-refractivity contribution is 5.65. The Kier molecular flexibility index (Phi) is 3.23. The molecule has 1 saturated heterocycles. The van der Waals surface area contributed by atoms with Crippen molar-refractivity contribution in [3.63, 3.8) is 0 Å². The van der Waals surface area contributed by atoms with Gasteiger partial charge in [0.1, 0.15) is 11.4 Å². The molecule has 3 aromatic rings. The van der Waals surface area contributed by atoms with E-state index in [1.54, 1.807) is 0 Å². The van der Waals surface area contributed by atoms with Crippen molar-refractivity contribution in [2.45, 2.75) is 32.3 Å². The van der Waals surface area contributed by atoms with Gasteiger partial charge in [-0.1, -0.05) is 23.4 Å². The number of hydrogen-bond donors (Lipinski definition) is 1. The van der Waals surface area contributed by atoms with Crippen molar-refractivity contribution in [2.24, 2.45) is 0 Å². The Bertz CT molecular complexity index is 832. The second-order valence-electron chi connectivity index (χ2n) is 5.93. The zero-order valence-electron chi connectivity index (χ0n) is 13.0. The van der Waals surface area contributed by atoms with E-state index in [9.17, 15) is 0 Å². The quantitative estimate of drug-likeness (QED) is 0.800. The van der Waals surface area contributed by atoms with Gasteiger partial charge in [0.2, 0.25) is 5.82 Å². The molecule has 7 nitrogen and oxygen atoms in total. The van der Waals surface area contributed by atoms with Crippen LogP contribution < -0.4 is 0 Å². The Morgan fingerprint density at radius 1 is 1.17 bits per heavy atom. The molecule has 1 aliphatic rings. The van der Waals surface area contributed by atoms with E-state index >= 15 is 0 Å². The minimum absolute atomic E-state index is 0.469. The molecule has 0 saturated carbocycles. The summed E-state index contributed by atoms with van der Waals surface area (Å²) in [7, 11) is 0. The van der Waals surface area contributed by atoms with E-state index < -0.39 is 5.60 Å². The third kappa shape index (κ3) is 2.53. The van der Waals surface area contributed by atoms with E-state index in [0.717, 1.165) is 36.4 Å². The van der Waals surface area contributed by atoms with Crippen molar-refractivity contribution in [3.05, 3.63) is 36.0 Å². The third-order valence-corrected chi connectivity index (χ3v) is 4.07. The average molecular weight is 311 g/mol. The van der Waals surface area contributed by atoms with Crippen molar-refractivity contribution in [1.29, 1.82) is 0 Å². The van der Waals surface area contributed by atoms with Gasteiger partial charge in [-0.05, 0) is 32.8 Å². The van der Waals surface area contributed by atoms with Crippen LogP contribution >= 0.6 is 0 Å². The fraction of sp³-hybridized carbons (Fsp3) is 0.375. The highest BCUT2D eigenvalue weighted by Gasteiger charge is 2.37. The van der Waals surface area contributed by atoms with Crippen LogP contribution in [0.15, 0.2) is 28.8 Å². The summed E-state index contributed by atoms with van der Waals surface area (Å²) in [6.45, 7) is 4.59. The van der Waals surface area contributed by atoms with Gasteiger partial charge in [0.25, 0.3) is 5.89 Å². The Hall–Kier alpha value is -2.54. The maximum atomic E-state index is 5.75. The van der Waals surface area contributed by atoms with Crippen LogP contribution in [0.2, 0.25) is 0 Å². The van der Waals surface area contributed by atoms with Crippen LogP contribution in [0.5, 0.6) is 0 Å². The van der Waals surface area contributed by atoms with Gasteiger partial charge in [-0.3, -0.25) is 5.10 Å². The molecule has 1 N–H and O–H groups in total. The molecule has 1 aromatic carbocycles. The van der Waals surface area contributed by atoms with Gasteiger partial charge in [-0.25, -0.2) is 4.98 Å². The molecule has 0 aliphatic carbocycles. The van der Waals surface area contributed by atoms with Crippen LogP contribution in [0.4, 0.5) is 0 Å². The Morgan fingerprint density at radius 2 is 2.00 bits per heavy atom. The molecule has 3 heterocycles. The number of nitrogens with one attached hydrogen (secondary N) is 1. The van der Waals surface area contributed by atoms with Gasteiger partial charge < -0.3 is 9.26 Å². The third-order valence-electron chi connectivity index (χ3n) is 4.07. The molecule has 0 bridgehead atoms. The summed E-state index contributed by atoms with van der Waals surface area (Å²) in [6, 6.07) is 7.78. The minimum atomic E-state index is -0.469. The monoisotopic (exact) mass is 311 g/mol. The average Bonchev–Trinajstić information content (AvgIpc) is 3.28. The summed E-state index contributed by atoms with van der Waals surface area (Å²) < 4.78 is 11.2. The molecule has 1 atom stereocenters. The molecule has 4 rings (SSSR count). The summed E-state index contributed by atoms with van der Waals surface area (Å²) >= 11 is 0. The molecule has 0 amide bonds. The highest BCUT2D eigenvalue weighted by Crippen LogP contribution is 2.35. The molecule has 1 unspecified atom stereocenters. The van der Waals surface area contributed by atoms with Crippen molar-refractivity contribution >= 4 is 0 Å². The fourth-order valence-electron chi connectivity index (χ4n) is 2.77. The number of aromatic amines is 1. The van der Waals surface area contributed by atoms with Crippen molar-refractivity contribution < 1.29 is 9.26 Å². The van der Waals surface area contributed by atoms with Crippen LogP contribution in [0, 0.1) is 6.92 Å². The second-order valence-corrected chi connectivity index (χ2v) is 5.93. The SMILES string of the molecule is Cc1nc(-c2cccc(-c3noc(C4(C)CCCO4)n3)c2)n[nH]1. The minimum Gasteiger partial charge on any atom is -0.365 e. The van der Waals surface area contributed by atoms with Crippen molar-refractivity contribution in [1.82, 2.24) is 25.3 Å². The Morgan fingerprint density at radius 3 is 2.70 bits per heavy atom. The summed E-state index contributed by atoms with van der Waals surface area (Å²) in [6.07, 6.45) is 1.90. The standard InChI is InChI=1S/C16H17N5O2/c1-10-17-13(20-19-10)11-5-3-6-12(9-11)14-18-15(23-21-14)16(2)7-4-8-22-16/h3,5-6,9H,4,7-8H2,1-2H3,(H,17,19,20). The lowest BCUT2D eigenvalue weighted by atomic mass is 10.0. The van der Waals surface area contributed by atoms with Gasteiger partial charge in [-0.15, -0.1) is 0 Å². The molecule has 0 radical (unpaired) electrons. The van der Waals surface area contributed by atoms with Crippen LogP contribution in [0.25, 0.3) is 22.8 Å². The summed E-state index contributed by atoms with van der Waals surface area (Å²) in [5.74, 6) is 2.51. The molecule has 2 aromatic heterocycles. The zero-order chi connectivity index (χ0) is 15.9. The highest BCUT2D eigenvalue weighted by atomic mass is 16.5. The number of rotatable bonds is 3. The number of aromatic nitrogens is 5. The van der Waals surface area contributed by atoms with E-state index in [2.05, 4.69) is 25.3 Å². The summed E-state index contributed by atoms with van der Waals surface area (Å²) in [4.78, 5) is 8.87. The normalized spacial score (nSPS) is 21.0. The maximum Gasteiger partial charge on any atom is 0.258 e. The largest absolute Gasteiger partial charge is 0.365 e. The predicted octanol–water partition coefficient (Wildman–Crippen LogP) is 2.86. The number of hydrogen-bond acceptors (Lipinski definition) is 6. The molecular weight excluding hydrogens is 294 g/mol. The number of ether oxygens (including phenoxy) is 1. The van der Waals surface area contributed by atoms with Gasteiger partial charge in [-0.2, -0.15) is 10.1 Å². The van der Waals surface area contributed by atoms with E-state index in [1.807, 2.05) is 38.1 Å². The van der Waals surface area contributed by atoms with E-state index in [1.165, 1.54) is 0 Å². The van der Waals surface area contributed by atoms with Crippen molar-refractivity contribution in [2.75, 3.05) is 6.61 Å². The van der Waals surface area contributed by atoms with Crippen LogP contribution in [-0.4, -0.2) is 31.9 Å². The molecule has 1 aliphatic heterocycles. The molecule has 1 fully saturated rings. The Labute approximate surface area is 133 Å². The molecule has 7 heteroatoms. The Balaban J connectivity index is 1.67. The van der Waals surface area contributed by atoms with Gasteiger partial charge in [0.05, 0.1) is 0 Å². The summed E-state index contributed by atoms with van der Waals surface area (Å²) in [5.41, 5.74) is 1.30. The van der Waals surface area contributed by atoms with Crippen LogP contribution in [-0.2, 0) is 10.3 Å². The van der Waals surface area contributed by atoms with Gasteiger partial charge in [0, 0.05) is 17.7 Å². The van der Waals surface area contributed by atoms with Gasteiger partial charge >= 0.3 is 0 Å². The molecular formula is C16H17N5O2. The summed E-state index contributed by atoms with van der Waals surface area (Å²) in [5, 5.41) is 11.1. The first-order valence-electron chi connectivity index (χ1n) is 7.62. The zero-order valence-corrected chi connectivity index (χ0v) is 13.0. The first kappa shape index (κ1) is 14.1. The fourth-order valence-corrected chi connectivity index (χ4v) is 2.77. The topological polar surface area (TPSA) is 89.7 Å². The maximum absolute atomic E-state index is 5.75. The van der Waals surface area contributed by atoms with E-state index in [0.29, 0.717) is 17.5 Å². The number of aryl methyl sites for hydroxylation is 1. The lowest BCUT2D eigenvalue weighted by Crippen LogP contribution is -2.20. The van der Waals surface area contributed by atoms with Crippen molar-refractivity contribution in [3.8, 4) is 22.8 Å². The van der Waals surface area contributed by atoms with E-state index in [4.69, 9.17) is 9.26 Å². The first-order valence-corrected chi connectivity index (χ1v) is 7.62. The number of H-pyrrole nitrogens is 1. The first-order chi connectivity index (χ1) is 11.1. The lowest BCUT2D eigenvalue weighted by molar-refractivity contribution is -0.00937. The molecule has 23 heavy (non-hydrogen) atoms. The number of nitrogens with zero attached hydrogens (tertiary/aromatic N) is 4. The van der Waals surface area contributed by atoms with Crippen LogP contribution in [0.1, 0.15) is 31.5 Å². The van der Waals surface area contributed by atoms with Gasteiger partial charge in [0.15, 0.2) is 5.82 Å².